The standard InChI is InChI=1S/C62H83F3N12O8S/c1-36(2)52(73-22-23-85-61(31-73)32-74(33-61)58(81)55-53(38-11-12-38)75(55)29-50(78)70(6)7)56(79)68-46-26-49-67-47(30-86-49)39-13-16-48-42(24-39)44(27-60(4,5)35-84-59(82)45-10-9-17-77(69-45)57(46)80)54(76(48)34-62(63,64)65)43-25-41(28-66-51(43)37(3)83-8)72-20-18-71(19-21-72)40-14-15-40/h13,16,24-25,28,30,36-38,40,45-46,52-53,55,69H,9-12,14-15,17-23,26-27,29,31-35H2,1-8H3,(H,68,79)/t37-,45-,46-,52?,53?,55+,75?/m0/s1. The number of rotatable bonds is 14. The topological polar surface area (TPSA) is 190 Å². The number of pyridine rings is 1. The number of esters is 1. The average Bonchev–Trinajstić information content (AvgIpc) is 1.56. The fourth-order valence-corrected chi connectivity index (χ4v) is 14.9. The lowest BCUT2D eigenvalue weighted by Gasteiger charge is -2.55. The lowest BCUT2D eigenvalue weighted by Crippen LogP contribution is -2.73. The highest BCUT2D eigenvalue weighted by Crippen LogP contribution is 2.49. The van der Waals surface area contributed by atoms with E-state index in [1.54, 1.807) is 44.4 Å². The van der Waals surface area contributed by atoms with Crippen LogP contribution in [0.5, 0.6) is 0 Å². The SMILES string of the molecule is CO[C@@H](C)c1ncc(N2CCN(C3CC3)CC2)cc1-c1c2c3cc(ccc3n1CC(F)(F)F)-c1csc(n1)C[C@H](NC(=O)C(C(C)C)N1CCOC3(CN(C(=O)[C@H]4C(C5CC5)N4CC(=O)N(C)C)C3)C1)C(=O)N1CCC[C@H](N1)C(=O)OCC(C)(C)C2. The maximum Gasteiger partial charge on any atom is 0.406 e. The average molecular weight is 1210 g/mol. The van der Waals surface area contributed by atoms with Crippen molar-refractivity contribution in [3.8, 4) is 22.5 Å². The highest BCUT2D eigenvalue weighted by atomic mass is 32.1. The van der Waals surface area contributed by atoms with E-state index >= 15 is 18.0 Å². The number of ether oxygens (including phenoxy) is 3. The van der Waals surface area contributed by atoms with Crippen LogP contribution in [0.1, 0.15) is 95.5 Å². The Morgan fingerprint density at radius 1 is 0.977 bits per heavy atom. The number of nitrogens with one attached hydrogen (secondary N) is 2. The Morgan fingerprint density at radius 2 is 1.73 bits per heavy atom. The molecule has 3 aromatic heterocycles. The van der Waals surface area contributed by atoms with Gasteiger partial charge in [-0.15, -0.1) is 11.3 Å². The van der Waals surface area contributed by atoms with E-state index in [0.29, 0.717) is 107 Å². The molecule has 8 aliphatic rings. The molecule has 7 atom stereocenters. The number of hydrazine groups is 1. The zero-order valence-electron chi connectivity index (χ0n) is 50.8. The van der Waals surface area contributed by atoms with Gasteiger partial charge in [-0.2, -0.15) is 13.2 Å². The van der Waals surface area contributed by atoms with Crippen LogP contribution in [0, 0.1) is 17.3 Å². The molecule has 2 aliphatic carbocycles. The van der Waals surface area contributed by atoms with Gasteiger partial charge < -0.3 is 38.8 Å². The van der Waals surface area contributed by atoms with E-state index in [1.807, 2.05) is 61.9 Å². The lowest BCUT2D eigenvalue weighted by atomic mass is 9.84. The first-order valence-electron chi connectivity index (χ1n) is 30.8. The number of morpholine rings is 1. The number of carbonyl (C=O) groups is 5. The quantitative estimate of drug-likeness (QED) is 0.119. The number of thiazole rings is 1. The van der Waals surface area contributed by atoms with Gasteiger partial charge in [0.25, 0.3) is 5.91 Å². The van der Waals surface area contributed by atoms with Crippen molar-refractivity contribution in [2.75, 3.05) is 105 Å². The minimum atomic E-state index is -4.62. The van der Waals surface area contributed by atoms with Crippen molar-refractivity contribution in [1.82, 2.24) is 54.8 Å². The summed E-state index contributed by atoms with van der Waals surface area (Å²) in [5.41, 5.74) is 6.04. The summed E-state index contributed by atoms with van der Waals surface area (Å²) < 4.78 is 65.4. The van der Waals surface area contributed by atoms with Gasteiger partial charge in [0, 0.05) is 118 Å². The molecule has 2 N–H and O–H groups in total. The van der Waals surface area contributed by atoms with E-state index in [9.17, 15) is 19.2 Å². The van der Waals surface area contributed by atoms with Gasteiger partial charge in [-0.3, -0.25) is 48.7 Å². The van der Waals surface area contributed by atoms with Crippen molar-refractivity contribution >= 4 is 57.5 Å². The number of hydrogen-bond acceptors (Lipinski definition) is 16. The molecule has 86 heavy (non-hydrogen) atoms. The third-order valence-corrected chi connectivity index (χ3v) is 19.8. The maximum absolute atomic E-state index is 15.2. The molecule has 7 fully saturated rings. The minimum Gasteiger partial charge on any atom is -0.464 e. The molecule has 2 saturated carbocycles. The van der Waals surface area contributed by atoms with Gasteiger partial charge in [0.2, 0.25) is 17.7 Å². The zero-order chi connectivity index (χ0) is 60.7. The summed E-state index contributed by atoms with van der Waals surface area (Å²) in [7, 11) is 5.01. The van der Waals surface area contributed by atoms with Gasteiger partial charge in [-0.05, 0) is 87.5 Å². The largest absolute Gasteiger partial charge is 0.464 e. The summed E-state index contributed by atoms with van der Waals surface area (Å²) in [6, 6.07) is 5.02. The van der Waals surface area contributed by atoms with Crippen LogP contribution >= 0.6 is 11.3 Å². The molecule has 12 rings (SSSR count). The first kappa shape index (κ1) is 60.5. The number of piperazine rings is 1. The van der Waals surface area contributed by atoms with E-state index in [-0.39, 0.29) is 68.3 Å². The van der Waals surface area contributed by atoms with Crippen LogP contribution in [0.15, 0.2) is 35.8 Å². The molecular weight excluding hydrogens is 1130 g/mol. The molecule has 6 aliphatic heterocycles. The van der Waals surface area contributed by atoms with Crippen LogP contribution in [0.3, 0.4) is 0 Å². The maximum atomic E-state index is 15.2. The molecule has 4 amide bonds. The minimum absolute atomic E-state index is 0.00483. The number of hydrogen-bond donors (Lipinski definition) is 2. The number of halogens is 3. The van der Waals surface area contributed by atoms with Crippen LogP contribution in [0.25, 0.3) is 33.4 Å². The molecule has 6 bridgehead atoms. The van der Waals surface area contributed by atoms with Crippen LogP contribution in [-0.4, -0.2) is 222 Å². The number of anilines is 1. The summed E-state index contributed by atoms with van der Waals surface area (Å²) in [4.78, 5) is 93.3. The summed E-state index contributed by atoms with van der Waals surface area (Å²) in [6.07, 6.45) is 2.18. The predicted octanol–water partition coefficient (Wildman–Crippen LogP) is 5.52. The summed E-state index contributed by atoms with van der Waals surface area (Å²) >= 11 is 1.32. The summed E-state index contributed by atoms with van der Waals surface area (Å²) in [5.74, 6) is -1.19. The number of aromatic nitrogens is 3. The molecule has 24 heteroatoms. The number of carbonyl (C=O) groups excluding carboxylic acids is 5. The Morgan fingerprint density at radius 3 is 2.42 bits per heavy atom. The van der Waals surface area contributed by atoms with Crippen molar-refractivity contribution < 1.29 is 51.4 Å². The molecule has 1 aromatic carbocycles. The van der Waals surface area contributed by atoms with Crippen molar-refractivity contribution in [3.05, 3.63) is 52.1 Å². The molecule has 5 saturated heterocycles. The van der Waals surface area contributed by atoms with Gasteiger partial charge in [0.1, 0.15) is 30.3 Å². The van der Waals surface area contributed by atoms with Crippen LogP contribution in [0.4, 0.5) is 18.9 Å². The Labute approximate surface area is 505 Å². The van der Waals surface area contributed by atoms with E-state index in [4.69, 9.17) is 24.2 Å². The number of likely N-dealkylation sites (N-methyl/N-ethyl adjacent to an activating group) is 1. The first-order valence-corrected chi connectivity index (χ1v) is 31.7. The molecule has 20 nitrogen and oxygen atoms in total. The molecule has 9 heterocycles. The van der Waals surface area contributed by atoms with Crippen molar-refractivity contribution in [1.29, 1.82) is 0 Å². The van der Waals surface area contributed by atoms with E-state index < -0.39 is 59.8 Å². The Balaban J connectivity index is 0.851. The third-order valence-electron chi connectivity index (χ3n) is 19.0. The Bertz CT molecular complexity index is 3240. The number of fused-ring (bicyclic) bond motifs is 6. The van der Waals surface area contributed by atoms with Gasteiger partial charge in [0.15, 0.2) is 0 Å². The summed E-state index contributed by atoms with van der Waals surface area (Å²) in [5, 5.41) is 7.55. The first-order chi connectivity index (χ1) is 41.0. The van der Waals surface area contributed by atoms with Gasteiger partial charge in [0.05, 0.1) is 79.0 Å². The van der Waals surface area contributed by atoms with Crippen LogP contribution in [-0.2, 0) is 57.6 Å². The second-order valence-corrected chi connectivity index (χ2v) is 27.7. The Hall–Kier alpha value is -5.76. The van der Waals surface area contributed by atoms with Gasteiger partial charge in [-0.1, -0.05) is 33.8 Å². The molecular formula is C62H83F3N12O8S. The molecule has 4 aromatic rings. The zero-order valence-corrected chi connectivity index (χ0v) is 51.6. The number of nitrogens with zero attached hydrogens (tertiary/aromatic N) is 10. The van der Waals surface area contributed by atoms with Crippen molar-refractivity contribution in [2.45, 2.75) is 147 Å². The third kappa shape index (κ3) is 12.5. The number of likely N-dealkylation sites (tertiary alicyclic amines) is 1. The van der Waals surface area contributed by atoms with E-state index in [1.165, 1.54) is 33.8 Å². The van der Waals surface area contributed by atoms with Gasteiger partial charge >= 0.3 is 12.1 Å². The molecule has 0 radical (unpaired) electrons. The summed E-state index contributed by atoms with van der Waals surface area (Å²) in [6.45, 7) is 13.9. The number of benzene rings is 1. The fourth-order valence-electron chi connectivity index (χ4n) is 14.1. The highest BCUT2D eigenvalue weighted by molar-refractivity contribution is 7.10. The number of alkyl halides is 3. The Kier molecular flexibility index (Phi) is 16.6. The highest BCUT2D eigenvalue weighted by Gasteiger charge is 2.63. The lowest BCUT2D eigenvalue weighted by molar-refractivity contribution is -0.197. The fraction of sp³-hybridized carbons (Fsp3) is 0.661. The number of amides is 4. The second kappa shape index (κ2) is 23.6. The normalized spacial score (nSPS) is 26.3. The number of methoxy groups -OCH3 is 1. The van der Waals surface area contributed by atoms with E-state index in [2.05, 4.69) is 25.4 Å². The number of cyclic esters (lactones) is 1. The second-order valence-electron chi connectivity index (χ2n) is 26.8. The van der Waals surface area contributed by atoms with Gasteiger partial charge in [-0.25, -0.2) is 10.4 Å². The molecule has 3 unspecified atom stereocenters. The van der Waals surface area contributed by atoms with Crippen LogP contribution in [0.2, 0.25) is 0 Å². The van der Waals surface area contributed by atoms with Crippen molar-refractivity contribution in [3.63, 3.8) is 0 Å². The smallest absolute Gasteiger partial charge is 0.406 e. The monoisotopic (exact) mass is 1210 g/mol. The van der Waals surface area contributed by atoms with E-state index in [0.717, 1.165) is 44.7 Å². The molecule has 1 spiro atoms. The van der Waals surface area contributed by atoms with Crippen LogP contribution < -0.4 is 15.6 Å². The van der Waals surface area contributed by atoms with Crippen molar-refractivity contribution in [2.24, 2.45) is 17.3 Å². The predicted molar refractivity (Wildman–Crippen MR) is 318 cm³/mol. The molecule has 466 valence electrons.